The van der Waals surface area contributed by atoms with Gasteiger partial charge in [0.1, 0.15) is 0 Å². The van der Waals surface area contributed by atoms with Crippen LogP contribution < -0.4 is 0 Å². The average Bonchev–Trinajstić information content (AvgIpc) is 2.17. The fraction of sp³-hybridized carbons (Fsp3) is 0.455. The Morgan fingerprint density at radius 3 is 3.00 bits per heavy atom. The summed E-state index contributed by atoms with van der Waals surface area (Å²) in [5, 5.41) is 0. The van der Waals surface area contributed by atoms with E-state index in [1.165, 1.54) is 23.7 Å². The van der Waals surface area contributed by atoms with Crippen LogP contribution in [0.4, 0.5) is 0 Å². The van der Waals surface area contributed by atoms with Crippen LogP contribution in [0.15, 0.2) is 24.3 Å². The summed E-state index contributed by atoms with van der Waals surface area (Å²) in [5.74, 6) is 0.829. The van der Waals surface area contributed by atoms with Gasteiger partial charge >= 0.3 is 0 Å². The van der Waals surface area contributed by atoms with Gasteiger partial charge in [0.2, 0.25) is 0 Å². The van der Waals surface area contributed by atoms with Crippen molar-refractivity contribution in [2.24, 2.45) is 0 Å². The largest absolute Gasteiger partial charge is 0.0857 e. The molecule has 0 saturated carbocycles. The summed E-state index contributed by atoms with van der Waals surface area (Å²) < 4.78 is 1.27. The maximum absolute atomic E-state index is 2.50. The van der Waals surface area contributed by atoms with Gasteiger partial charge in [-0.2, -0.15) is 0 Å². The summed E-state index contributed by atoms with van der Waals surface area (Å²) in [5.41, 5.74) is 3.20. The predicted octanol–water partition coefficient (Wildman–Crippen LogP) is 3.54. The number of hydrogen-bond donors (Lipinski definition) is 0. The van der Waals surface area contributed by atoms with E-state index in [2.05, 4.69) is 46.9 Å². The molecule has 64 valence electrons. The van der Waals surface area contributed by atoms with Gasteiger partial charge in [-0.05, 0) is 36.3 Å². The normalized spacial score (nSPS) is 21.9. The molecule has 1 aliphatic rings. The number of rotatable bonds is 1. The first-order chi connectivity index (χ1) is 5.92. The molecule has 0 unspecified atom stereocenters. The Morgan fingerprint density at radius 2 is 2.17 bits per heavy atom. The SMILES string of the molecule is IC[C@@H]1CCCc2ccccc21. The summed E-state index contributed by atoms with van der Waals surface area (Å²) in [7, 11) is 0. The molecular weight excluding hydrogens is 259 g/mol. The summed E-state index contributed by atoms with van der Waals surface area (Å²) in [4.78, 5) is 0. The standard InChI is InChI=1S/C11H13I/c12-8-10-6-3-5-9-4-1-2-7-11(9)10/h1-2,4,7,10H,3,5-6,8H2/t10-/m0/s1. The van der Waals surface area contributed by atoms with Crippen LogP contribution >= 0.6 is 22.6 Å². The highest BCUT2D eigenvalue weighted by Gasteiger charge is 2.17. The second-order valence-electron chi connectivity index (χ2n) is 3.44. The van der Waals surface area contributed by atoms with Crippen molar-refractivity contribution in [3.05, 3.63) is 35.4 Å². The van der Waals surface area contributed by atoms with Crippen molar-refractivity contribution in [2.45, 2.75) is 25.2 Å². The van der Waals surface area contributed by atoms with E-state index in [0.29, 0.717) is 0 Å². The predicted molar refractivity (Wildman–Crippen MR) is 61.0 cm³/mol. The Morgan fingerprint density at radius 1 is 1.33 bits per heavy atom. The Balaban J connectivity index is 2.37. The summed E-state index contributed by atoms with van der Waals surface area (Å²) in [6.45, 7) is 0. The van der Waals surface area contributed by atoms with Crippen LogP contribution in [0.25, 0.3) is 0 Å². The lowest BCUT2D eigenvalue weighted by Gasteiger charge is -2.23. The Kier molecular flexibility index (Phi) is 2.69. The third-order valence-corrected chi connectivity index (χ3v) is 3.74. The van der Waals surface area contributed by atoms with Gasteiger partial charge in [0.25, 0.3) is 0 Å². The molecule has 0 N–H and O–H groups in total. The van der Waals surface area contributed by atoms with E-state index in [1.807, 2.05) is 0 Å². The van der Waals surface area contributed by atoms with Crippen LogP contribution in [0.1, 0.15) is 29.9 Å². The molecule has 0 aromatic heterocycles. The van der Waals surface area contributed by atoms with Crippen molar-refractivity contribution in [3.8, 4) is 0 Å². The second-order valence-corrected chi connectivity index (χ2v) is 4.32. The molecule has 2 rings (SSSR count). The highest BCUT2D eigenvalue weighted by molar-refractivity contribution is 14.1. The molecule has 0 aliphatic heterocycles. The number of hydrogen-bond acceptors (Lipinski definition) is 0. The molecule has 0 saturated heterocycles. The first-order valence-corrected chi connectivity index (χ1v) is 6.08. The van der Waals surface area contributed by atoms with Gasteiger partial charge in [0.05, 0.1) is 0 Å². The fourth-order valence-electron chi connectivity index (χ4n) is 2.01. The van der Waals surface area contributed by atoms with E-state index in [4.69, 9.17) is 0 Å². The van der Waals surface area contributed by atoms with Gasteiger partial charge in [-0.1, -0.05) is 46.9 Å². The van der Waals surface area contributed by atoms with E-state index in [-0.39, 0.29) is 0 Å². The fourth-order valence-corrected chi connectivity index (χ4v) is 2.93. The minimum absolute atomic E-state index is 0.829. The van der Waals surface area contributed by atoms with Crippen LogP contribution in [-0.2, 0) is 6.42 Å². The highest BCUT2D eigenvalue weighted by atomic mass is 127. The van der Waals surface area contributed by atoms with E-state index < -0.39 is 0 Å². The zero-order valence-corrected chi connectivity index (χ0v) is 9.25. The smallest absolute Gasteiger partial charge is 0.00643 e. The molecule has 0 fully saturated rings. The van der Waals surface area contributed by atoms with Crippen LogP contribution in [-0.4, -0.2) is 4.43 Å². The zero-order chi connectivity index (χ0) is 8.39. The van der Waals surface area contributed by atoms with E-state index in [1.54, 1.807) is 11.1 Å². The number of alkyl halides is 1. The van der Waals surface area contributed by atoms with Gasteiger partial charge in [0.15, 0.2) is 0 Å². The molecule has 0 spiro atoms. The van der Waals surface area contributed by atoms with Gasteiger partial charge in [0, 0.05) is 4.43 Å². The molecule has 1 heteroatoms. The number of halogens is 1. The van der Waals surface area contributed by atoms with Gasteiger partial charge < -0.3 is 0 Å². The first-order valence-electron chi connectivity index (χ1n) is 4.55. The van der Waals surface area contributed by atoms with Gasteiger partial charge in [-0.25, -0.2) is 0 Å². The molecule has 1 aromatic carbocycles. The molecule has 0 bridgehead atoms. The van der Waals surface area contributed by atoms with Crippen LogP contribution in [0.5, 0.6) is 0 Å². The Bertz CT molecular complexity index is 267. The molecule has 0 nitrogen and oxygen atoms in total. The third-order valence-electron chi connectivity index (χ3n) is 2.68. The number of benzene rings is 1. The van der Waals surface area contributed by atoms with Crippen molar-refractivity contribution in [3.63, 3.8) is 0 Å². The molecular formula is C11H13I. The minimum Gasteiger partial charge on any atom is -0.0857 e. The van der Waals surface area contributed by atoms with Crippen molar-refractivity contribution >= 4 is 22.6 Å². The molecule has 0 amide bonds. The van der Waals surface area contributed by atoms with E-state index in [0.717, 1.165) is 5.92 Å². The van der Waals surface area contributed by atoms with Crippen LogP contribution in [0.3, 0.4) is 0 Å². The van der Waals surface area contributed by atoms with Gasteiger partial charge in [-0.3, -0.25) is 0 Å². The van der Waals surface area contributed by atoms with Crippen molar-refractivity contribution in [2.75, 3.05) is 4.43 Å². The van der Waals surface area contributed by atoms with Crippen molar-refractivity contribution < 1.29 is 0 Å². The van der Waals surface area contributed by atoms with Crippen molar-refractivity contribution in [1.82, 2.24) is 0 Å². The summed E-state index contributed by atoms with van der Waals surface area (Å²) >= 11 is 2.50. The second kappa shape index (κ2) is 3.77. The third kappa shape index (κ3) is 1.51. The number of fused-ring (bicyclic) bond motifs is 1. The van der Waals surface area contributed by atoms with Crippen LogP contribution in [0, 0.1) is 0 Å². The minimum atomic E-state index is 0.829. The lowest BCUT2D eigenvalue weighted by molar-refractivity contribution is 0.601. The molecule has 1 aliphatic carbocycles. The zero-order valence-electron chi connectivity index (χ0n) is 7.09. The van der Waals surface area contributed by atoms with E-state index in [9.17, 15) is 0 Å². The highest BCUT2D eigenvalue weighted by Crippen LogP contribution is 2.32. The molecule has 0 heterocycles. The Hall–Kier alpha value is -0.0500. The number of aryl methyl sites for hydroxylation is 1. The quantitative estimate of drug-likeness (QED) is 0.542. The summed E-state index contributed by atoms with van der Waals surface area (Å²) in [6, 6.07) is 8.92. The maximum Gasteiger partial charge on any atom is 0.00643 e. The average molecular weight is 272 g/mol. The van der Waals surface area contributed by atoms with Gasteiger partial charge in [-0.15, -0.1) is 0 Å². The maximum atomic E-state index is 2.50. The van der Waals surface area contributed by atoms with E-state index >= 15 is 0 Å². The van der Waals surface area contributed by atoms with Crippen molar-refractivity contribution in [1.29, 1.82) is 0 Å². The first kappa shape index (κ1) is 8.54. The van der Waals surface area contributed by atoms with Crippen LogP contribution in [0.2, 0.25) is 0 Å². The lowest BCUT2D eigenvalue weighted by Crippen LogP contribution is -2.10. The Labute approximate surface area is 87.5 Å². The molecule has 0 radical (unpaired) electrons. The molecule has 12 heavy (non-hydrogen) atoms. The molecule has 1 atom stereocenters. The monoisotopic (exact) mass is 272 g/mol. The lowest BCUT2D eigenvalue weighted by atomic mass is 9.84. The molecule has 1 aromatic rings. The topological polar surface area (TPSA) is 0 Å². The summed E-state index contributed by atoms with van der Waals surface area (Å²) in [6.07, 6.45) is 4.06.